The highest BCUT2D eigenvalue weighted by molar-refractivity contribution is 5.97. The SMILES string of the molecule is CC1(C)CNCO1.O=C1COC(=O)N1. The average Bonchev–Trinajstić information content (AvgIpc) is 2.61. The van der Waals surface area contributed by atoms with E-state index in [1.54, 1.807) is 0 Å². The molecule has 0 spiro atoms. The maximum Gasteiger partial charge on any atom is 0.414 e. The first-order valence-electron chi connectivity index (χ1n) is 4.31. The Kier molecular flexibility index (Phi) is 3.43. The highest BCUT2D eigenvalue weighted by atomic mass is 16.6. The van der Waals surface area contributed by atoms with Crippen molar-refractivity contribution < 1.29 is 19.1 Å². The van der Waals surface area contributed by atoms with Crippen LogP contribution >= 0.6 is 0 Å². The second-order valence-electron chi connectivity index (χ2n) is 3.60. The van der Waals surface area contributed by atoms with Crippen molar-refractivity contribution in [3.63, 3.8) is 0 Å². The molecule has 0 bridgehead atoms. The Labute approximate surface area is 81.9 Å². The summed E-state index contributed by atoms with van der Waals surface area (Å²) in [5.41, 5.74) is 0.0833. The van der Waals surface area contributed by atoms with Crippen molar-refractivity contribution >= 4 is 12.0 Å². The lowest BCUT2D eigenvalue weighted by Gasteiger charge is -2.12. The molecule has 2 rings (SSSR count). The quantitative estimate of drug-likeness (QED) is 0.558. The van der Waals surface area contributed by atoms with Crippen molar-refractivity contribution in [1.82, 2.24) is 10.6 Å². The number of imide groups is 1. The Morgan fingerprint density at radius 1 is 1.36 bits per heavy atom. The van der Waals surface area contributed by atoms with Gasteiger partial charge in [-0.2, -0.15) is 0 Å². The molecule has 2 amide bonds. The molecule has 0 aromatic rings. The monoisotopic (exact) mass is 202 g/mol. The summed E-state index contributed by atoms with van der Waals surface area (Å²) in [5.74, 6) is -0.370. The van der Waals surface area contributed by atoms with Crippen LogP contribution in [0.4, 0.5) is 4.79 Å². The van der Waals surface area contributed by atoms with Crippen LogP contribution in [0.2, 0.25) is 0 Å². The van der Waals surface area contributed by atoms with E-state index in [1.807, 2.05) is 5.32 Å². The minimum absolute atomic E-state index is 0.0833. The number of amides is 2. The molecule has 6 nitrogen and oxygen atoms in total. The zero-order valence-corrected chi connectivity index (χ0v) is 8.25. The third-order valence-corrected chi connectivity index (χ3v) is 1.69. The summed E-state index contributed by atoms with van der Waals surface area (Å²) in [4.78, 5) is 19.9. The van der Waals surface area contributed by atoms with Crippen LogP contribution in [0, 0.1) is 0 Å². The number of ether oxygens (including phenoxy) is 2. The minimum atomic E-state index is -0.648. The Morgan fingerprint density at radius 3 is 2.21 bits per heavy atom. The molecular formula is C8H14N2O4. The summed E-state index contributed by atoms with van der Waals surface area (Å²) in [6.45, 7) is 5.72. The van der Waals surface area contributed by atoms with Crippen LogP contribution in [-0.4, -0.2) is 37.5 Å². The van der Waals surface area contributed by atoms with Gasteiger partial charge in [0.15, 0.2) is 6.61 Å². The lowest BCUT2D eigenvalue weighted by molar-refractivity contribution is -0.119. The number of hydrogen-bond donors (Lipinski definition) is 2. The lowest BCUT2D eigenvalue weighted by Crippen LogP contribution is -2.23. The number of hydrogen-bond acceptors (Lipinski definition) is 5. The van der Waals surface area contributed by atoms with Gasteiger partial charge in [-0.15, -0.1) is 0 Å². The van der Waals surface area contributed by atoms with E-state index in [2.05, 4.69) is 23.9 Å². The minimum Gasteiger partial charge on any atom is -0.439 e. The molecule has 0 atom stereocenters. The zero-order valence-electron chi connectivity index (χ0n) is 8.25. The van der Waals surface area contributed by atoms with Crippen LogP contribution in [0.25, 0.3) is 0 Å². The number of carbonyl (C=O) groups excluding carboxylic acids is 2. The van der Waals surface area contributed by atoms with E-state index in [0.717, 1.165) is 6.54 Å². The number of alkyl carbamates (subject to hydrolysis) is 1. The molecule has 2 fully saturated rings. The van der Waals surface area contributed by atoms with Crippen molar-refractivity contribution in [2.45, 2.75) is 19.4 Å². The molecule has 0 aromatic carbocycles. The van der Waals surface area contributed by atoms with Crippen molar-refractivity contribution in [1.29, 1.82) is 0 Å². The van der Waals surface area contributed by atoms with Gasteiger partial charge in [0, 0.05) is 6.54 Å². The molecule has 0 aromatic heterocycles. The third kappa shape index (κ3) is 3.71. The molecule has 2 aliphatic heterocycles. The molecule has 2 N–H and O–H groups in total. The average molecular weight is 202 g/mol. The Balaban J connectivity index is 0.000000140. The van der Waals surface area contributed by atoms with Gasteiger partial charge < -0.3 is 9.47 Å². The van der Waals surface area contributed by atoms with Gasteiger partial charge in [-0.25, -0.2) is 4.79 Å². The van der Waals surface area contributed by atoms with Crippen LogP contribution < -0.4 is 10.6 Å². The van der Waals surface area contributed by atoms with E-state index in [0.29, 0.717) is 6.73 Å². The highest BCUT2D eigenvalue weighted by Crippen LogP contribution is 2.10. The topological polar surface area (TPSA) is 76.7 Å². The van der Waals surface area contributed by atoms with Gasteiger partial charge in [-0.05, 0) is 13.8 Å². The standard InChI is InChI=1S/C5H11NO.C3H3NO3/c1-5(2)3-6-4-7-5;5-2-1-7-3(6)4-2/h6H,3-4H2,1-2H3;1H2,(H,4,5,6). The highest BCUT2D eigenvalue weighted by Gasteiger charge is 2.22. The molecule has 0 aliphatic carbocycles. The van der Waals surface area contributed by atoms with E-state index < -0.39 is 6.09 Å². The molecule has 0 unspecified atom stereocenters. The predicted octanol–water partition coefficient (Wildman–Crippen LogP) is -0.405. The van der Waals surface area contributed by atoms with Crippen LogP contribution in [0.1, 0.15) is 13.8 Å². The first-order valence-corrected chi connectivity index (χ1v) is 4.31. The first-order chi connectivity index (χ1) is 6.49. The van der Waals surface area contributed by atoms with Crippen molar-refractivity contribution in [3.05, 3.63) is 0 Å². The van der Waals surface area contributed by atoms with E-state index in [9.17, 15) is 9.59 Å². The molecule has 6 heteroatoms. The molecule has 0 radical (unpaired) electrons. The first kappa shape index (κ1) is 10.9. The maximum absolute atomic E-state index is 10.00. The van der Waals surface area contributed by atoms with Crippen LogP contribution in [0.15, 0.2) is 0 Å². The second kappa shape index (κ2) is 4.39. The van der Waals surface area contributed by atoms with Crippen LogP contribution in [-0.2, 0) is 14.3 Å². The second-order valence-corrected chi connectivity index (χ2v) is 3.60. The number of cyclic esters (lactones) is 1. The maximum atomic E-state index is 10.00. The molecule has 0 saturated carbocycles. The molecule has 80 valence electrons. The van der Waals surface area contributed by atoms with Gasteiger partial charge in [0.2, 0.25) is 0 Å². The fraction of sp³-hybridized carbons (Fsp3) is 0.750. The number of nitrogens with one attached hydrogen (secondary N) is 2. The Morgan fingerprint density at radius 2 is 2.07 bits per heavy atom. The fourth-order valence-corrected chi connectivity index (χ4v) is 0.967. The lowest BCUT2D eigenvalue weighted by atomic mass is 10.1. The molecule has 14 heavy (non-hydrogen) atoms. The van der Waals surface area contributed by atoms with Crippen LogP contribution in [0.3, 0.4) is 0 Å². The van der Waals surface area contributed by atoms with Gasteiger partial charge in [0.05, 0.1) is 12.3 Å². The largest absolute Gasteiger partial charge is 0.439 e. The van der Waals surface area contributed by atoms with Gasteiger partial charge in [-0.3, -0.25) is 15.4 Å². The summed E-state index contributed by atoms with van der Waals surface area (Å²) in [7, 11) is 0. The predicted molar refractivity (Wildman–Crippen MR) is 47.5 cm³/mol. The summed E-state index contributed by atoms with van der Waals surface area (Å²) in [5, 5.41) is 5.01. The zero-order chi connectivity index (χ0) is 10.6. The summed E-state index contributed by atoms with van der Waals surface area (Å²) >= 11 is 0. The third-order valence-electron chi connectivity index (χ3n) is 1.69. The summed E-state index contributed by atoms with van der Waals surface area (Å²) in [6, 6.07) is 0. The number of rotatable bonds is 0. The van der Waals surface area contributed by atoms with Gasteiger partial charge in [0.1, 0.15) is 0 Å². The van der Waals surface area contributed by atoms with Crippen LogP contribution in [0.5, 0.6) is 0 Å². The fourth-order valence-electron chi connectivity index (χ4n) is 0.967. The van der Waals surface area contributed by atoms with Gasteiger partial charge in [-0.1, -0.05) is 0 Å². The normalized spacial score (nSPS) is 23.6. The van der Waals surface area contributed by atoms with E-state index in [4.69, 9.17) is 4.74 Å². The molecule has 2 saturated heterocycles. The van der Waals surface area contributed by atoms with Gasteiger partial charge >= 0.3 is 6.09 Å². The molecule has 2 heterocycles. The smallest absolute Gasteiger partial charge is 0.414 e. The van der Waals surface area contributed by atoms with Crippen molar-refractivity contribution in [3.8, 4) is 0 Å². The van der Waals surface area contributed by atoms with Gasteiger partial charge in [0.25, 0.3) is 5.91 Å². The van der Waals surface area contributed by atoms with E-state index in [-0.39, 0.29) is 18.1 Å². The Hall–Kier alpha value is -1.14. The molecular weight excluding hydrogens is 188 g/mol. The number of carbonyl (C=O) groups is 2. The molecule has 2 aliphatic rings. The van der Waals surface area contributed by atoms with E-state index in [1.165, 1.54) is 0 Å². The summed E-state index contributed by atoms with van der Waals surface area (Å²) in [6.07, 6.45) is -0.648. The van der Waals surface area contributed by atoms with E-state index >= 15 is 0 Å². The van der Waals surface area contributed by atoms with Crippen molar-refractivity contribution in [2.75, 3.05) is 19.9 Å². The Bertz CT molecular complexity index is 217. The van der Waals surface area contributed by atoms with Crippen molar-refractivity contribution in [2.24, 2.45) is 0 Å². The summed E-state index contributed by atoms with van der Waals surface area (Å²) < 4.78 is 9.39.